The fourth-order valence-electron chi connectivity index (χ4n) is 1.54. The van der Waals surface area contributed by atoms with E-state index in [1.165, 1.54) is 0 Å². The van der Waals surface area contributed by atoms with Crippen LogP contribution < -0.4 is 4.74 Å². The number of rotatable bonds is 2. The van der Waals surface area contributed by atoms with Crippen LogP contribution >= 0.6 is 0 Å². The molecule has 0 aliphatic rings. The molecule has 0 heterocycles. The van der Waals surface area contributed by atoms with Crippen LogP contribution in [0.2, 0.25) is 0 Å². The van der Waals surface area contributed by atoms with E-state index in [-0.39, 0.29) is 5.75 Å². The number of hydrogen-bond acceptors (Lipinski definition) is 2. The standard InChI is InChI=1S/C12H12O2/c1-2-14-12-8-10(13)7-9-5-3-4-6-11(9)12/h3-8,13H,2H2,1H3. The minimum atomic E-state index is 0.243. The van der Waals surface area contributed by atoms with Gasteiger partial charge in [-0.1, -0.05) is 24.3 Å². The monoisotopic (exact) mass is 188 g/mol. The van der Waals surface area contributed by atoms with Gasteiger partial charge in [-0.3, -0.25) is 0 Å². The zero-order valence-electron chi connectivity index (χ0n) is 8.03. The van der Waals surface area contributed by atoms with Gasteiger partial charge in [-0.25, -0.2) is 0 Å². The second kappa shape index (κ2) is 3.58. The molecule has 0 unspecified atom stereocenters. The largest absolute Gasteiger partial charge is 0.508 e. The van der Waals surface area contributed by atoms with Crippen molar-refractivity contribution in [1.82, 2.24) is 0 Å². The van der Waals surface area contributed by atoms with E-state index in [9.17, 15) is 5.11 Å². The van der Waals surface area contributed by atoms with Gasteiger partial charge in [-0.05, 0) is 18.4 Å². The molecule has 2 rings (SSSR count). The summed E-state index contributed by atoms with van der Waals surface area (Å²) in [5, 5.41) is 11.5. The Balaban J connectivity index is 2.67. The van der Waals surface area contributed by atoms with Crippen LogP contribution in [0.4, 0.5) is 0 Å². The normalized spacial score (nSPS) is 10.4. The fourth-order valence-corrected chi connectivity index (χ4v) is 1.54. The van der Waals surface area contributed by atoms with Crippen LogP contribution in [-0.4, -0.2) is 11.7 Å². The van der Waals surface area contributed by atoms with Crippen LogP contribution in [0.25, 0.3) is 10.8 Å². The molecule has 0 bridgehead atoms. The van der Waals surface area contributed by atoms with Crippen LogP contribution in [0.5, 0.6) is 11.5 Å². The Hall–Kier alpha value is -1.70. The average Bonchev–Trinajstić information content (AvgIpc) is 2.18. The number of fused-ring (bicyclic) bond motifs is 1. The third-order valence-corrected chi connectivity index (χ3v) is 2.11. The molecule has 2 aromatic carbocycles. The van der Waals surface area contributed by atoms with E-state index in [1.807, 2.05) is 31.2 Å². The van der Waals surface area contributed by atoms with Crippen molar-refractivity contribution in [2.75, 3.05) is 6.61 Å². The lowest BCUT2D eigenvalue weighted by molar-refractivity contribution is 0.342. The van der Waals surface area contributed by atoms with Crippen molar-refractivity contribution in [3.63, 3.8) is 0 Å². The maximum atomic E-state index is 9.46. The number of hydrogen-bond donors (Lipinski definition) is 1. The molecule has 0 amide bonds. The Morgan fingerprint density at radius 3 is 2.79 bits per heavy atom. The predicted molar refractivity (Wildman–Crippen MR) is 56.8 cm³/mol. The summed E-state index contributed by atoms with van der Waals surface area (Å²) in [5.41, 5.74) is 0. The third kappa shape index (κ3) is 1.51. The van der Waals surface area contributed by atoms with E-state index in [0.29, 0.717) is 6.61 Å². The Morgan fingerprint density at radius 1 is 1.21 bits per heavy atom. The third-order valence-electron chi connectivity index (χ3n) is 2.11. The summed E-state index contributed by atoms with van der Waals surface area (Å²) >= 11 is 0. The quantitative estimate of drug-likeness (QED) is 0.785. The zero-order chi connectivity index (χ0) is 9.97. The highest BCUT2D eigenvalue weighted by atomic mass is 16.5. The second-order valence-corrected chi connectivity index (χ2v) is 3.10. The van der Waals surface area contributed by atoms with E-state index in [2.05, 4.69) is 0 Å². The highest BCUT2D eigenvalue weighted by molar-refractivity contribution is 5.89. The summed E-state index contributed by atoms with van der Waals surface area (Å²) in [5.74, 6) is 0.982. The van der Waals surface area contributed by atoms with Gasteiger partial charge >= 0.3 is 0 Å². The van der Waals surface area contributed by atoms with E-state index >= 15 is 0 Å². The summed E-state index contributed by atoms with van der Waals surface area (Å²) in [6.07, 6.45) is 0. The first kappa shape index (κ1) is 8.88. The summed E-state index contributed by atoms with van der Waals surface area (Å²) in [7, 11) is 0. The van der Waals surface area contributed by atoms with Crippen LogP contribution in [0.3, 0.4) is 0 Å². The molecular formula is C12H12O2. The smallest absolute Gasteiger partial charge is 0.130 e. The molecule has 2 aromatic rings. The second-order valence-electron chi connectivity index (χ2n) is 3.10. The molecule has 2 nitrogen and oxygen atoms in total. The number of aromatic hydroxyl groups is 1. The van der Waals surface area contributed by atoms with E-state index < -0.39 is 0 Å². The summed E-state index contributed by atoms with van der Waals surface area (Å²) in [4.78, 5) is 0. The van der Waals surface area contributed by atoms with Gasteiger partial charge in [-0.15, -0.1) is 0 Å². The first-order valence-electron chi connectivity index (χ1n) is 4.66. The van der Waals surface area contributed by atoms with Crippen molar-refractivity contribution in [2.45, 2.75) is 6.92 Å². The van der Waals surface area contributed by atoms with Gasteiger partial charge in [0.05, 0.1) is 6.61 Å². The zero-order valence-corrected chi connectivity index (χ0v) is 8.03. The van der Waals surface area contributed by atoms with Gasteiger partial charge in [-0.2, -0.15) is 0 Å². The lowest BCUT2D eigenvalue weighted by Crippen LogP contribution is -1.91. The van der Waals surface area contributed by atoms with Crippen LogP contribution in [0.1, 0.15) is 6.92 Å². The molecule has 1 N–H and O–H groups in total. The number of ether oxygens (including phenoxy) is 1. The van der Waals surface area contributed by atoms with Crippen molar-refractivity contribution in [1.29, 1.82) is 0 Å². The molecule has 0 radical (unpaired) electrons. The van der Waals surface area contributed by atoms with Crippen molar-refractivity contribution < 1.29 is 9.84 Å². The molecule has 72 valence electrons. The molecule has 0 aliphatic heterocycles. The Bertz CT molecular complexity index is 449. The average molecular weight is 188 g/mol. The maximum Gasteiger partial charge on any atom is 0.130 e. The topological polar surface area (TPSA) is 29.5 Å². The summed E-state index contributed by atoms with van der Waals surface area (Å²) < 4.78 is 5.44. The Labute approximate surface area is 82.8 Å². The first-order chi connectivity index (χ1) is 6.81. The molecule has 0 saturated carbocycles. The molecule has 0 fully saturated rings. The minimum absolute atomic E-state index is 0.243. The van der Waals surface area contributed by atoms with Crippen LogP contribution in [0, 0.1) is 0 Å². The van der Waals surface area contributed by atoms with Gasteiger partial charge in [0, 0.05) is 11.5 Å². The molecular weight excluding hydrogens is 176 g/mol. The van der Waals surface area contributed by atoms with Crippen molar-refractivity contribution in [3.8, 4) is 11.5 Å². The van der Waals surface area contributed by atoms with E-state index in [0.717, 1.165) is 16.5 Å². The molecule has 14 heavy (non-hydrogen) atoms. The lowest BCUT2D eigenvalue weighted by Gasteiger charge is -2.07. The highest BCUT2D eigenvalue weighted by Crippen LogP contribution is 2.30. The SMILES string of the molecule is CCOc1cc(O)cc2ccccc12. The summed E-state index contributed by atoms with van der Waals surface area (Å²) in [6.45, 7) is 2.53. The number of phenols is 1. The predicted octanol–water partition coefficient (Wildman–Crippen LogP) is 2.94. The van der Waals surface area contributed by atoms with Crippen LogP contribution in [-0.2, 0) is 0 Å². The summed E-state index contributed by atoms with van der Waals surface area (Å²) in [6, 6.07) is 11.2. The number of benzene rings is 2. The Kier molecular flexibility index (Phi) is 2.27. The molecule has 0 saturated heterocycles. The Morgan fingerprint density at radius 2 is 2.00 bits per heavy atom. The first-order valence-corrected chi connectivity index (χ1v) is 4.66. The minimum Gasteiger partial charge on any atom is -0.508 e. The molecule has 0 aliphatic carbocycles. The van der Waals surface area contributed by atoms with Crippen molar-refractivity contribution in [2.24, 2.45) is 0 Å². The highest BCUT2D eigenvalue weighted by Gasteiger charge is 2.02. The maximum absolute atomic E-state index is 9.46. The van der Waals surface area contributed by atoms with Gasteiger partial charge in [0.25, 0.3) is 0 Å². The fraction of sp³-hybridized carbons (Fsp3) is 0.167. The number of phenolic OH excluding ortho intramolecular Hbond substituents is 1. The van der Waals surface area contributed by atoms with Gasteiger partial charge in [0.2, 0.25) is 0 Å². The lowest BCUT2D eigenvalue weighted by atomic mass is 10.1. The van der Waals surface area contributed by atoms with Crippen molar-refractivity contribution >= 4 is 10.8 Å². The van der Waals surface area contributed by atoms with E-state index in [1.54, 1.807) is 12.1 Å². The van der Waals surface area contributed by atoms with Crippen LogP contribution in [0.15, 0.2) is 36.4 Å². The molecule has 0 atom stereocenters. The molecule has 0 aromatic heterocycles. The van der Waals surface area contributed by atoms with Gasteiger partial charge in [0.1, 0.15) is 11.5 Å². The molecule has 2 heteroatoms. The van der Waals surface area contributed by atoms with Gasteiger partial charge < -0.3 is 9.84 Å². The van der Waals surface area contributed by atoms with Crippen molar-refractivity contribution in [3.05, 3.63) is 36.4 Å². The van der Waals surface area contributed by atoms with Gasteiger partial charge in [0.15, 0.2) is 0 Å². The molecule has 0 spiro atoms. The van der Waals surface area contributed by atoms with E-state index in [4.69, 9.17) is 4.74 Å².